The van der Waals surface area contributed by atoms with Crippen LogP contribution in [0.3, 0.4) is 0 Å². The van der Waals surface area contributed by atoms with Gasteiger partial charge >= 0.3 is 6.03 Å². The van der Waals surface area contributed by atoms with Gasteiger partial charge in [-0.3, -0.25) is 10.2 Å². The van der Waals surface area contributed by atoms with Gasteiger partial charge in [-0.15, -0.1) is 16.4 Å². The van der Waals surface area contributed by atoms with Gasteiger partial charge in [-0.2, -0.15) is 0 Å². The van der Waals surface area contributed by atoms with Crippen molar-refractivity contribution in [3.05, 3.63) is 52.3 Å². The molecule has 2 aromatic heterocycles. The molecule has 0 atom stereocenters. The molecule has 4 rings (SSSR count). The Labute approximate surface area is 153 Å². The van der Waals surface area contributed by atoms with Crippen molar-refractivity contribution in [2.45, 2.75) is 31.7 Å². The fourth-order valence-electron chi connectivity index (χ4n) is 2.68. The first-order valence-corrected chi connectivity index (χ1v) is 9.80. The van der Waals surface area contributed by atoms with Crippen molar-refractivity contribution < 1.29 is 4.79 Å². The second-order valence-electron chi connectivity index (χ2n) is 5.96. The first kappa shape index (κ1) is 16.2. The summed E-state index contributed by atoms with van der Waals surface area (Å²) in [4.78, 5) is 20.0. The molecule has 2 heterocycles. The maximum atomic E-state index is 12.8. The van der Waals surface area contributed by atoms with Crippen molar-refractivity contribution in [1.29, 1.82) is 0 Å². The quantitative estimate of drug-likeness (QED) is 0.717. The summed E-state index contributed by atoms with van der Waals surface area (Å²) in [5.41, 5.74) is 1.03. The number of carbonyl (C=O) groups is 1. The Balaban J connectivity index is 1.50. The highest BCUT2D eigenvalue weighted by Gasteiger charge is 2.24. The van der Waals surface area contributed by atoms with E-state index >= 15 is 0 Å². The highest BCUT2D eigenvalue weighted by Crippen LogP contribution is 2.40. The fraction of sp³-hybridized carbons (Fsp3) is 0.294. The minimum absolute atomic E-state index is 0.244. The van der Waals surface area contributed by atoms with E-state index in [9.17, 15) is 4.79 Å². The van der Waals surface area contributed by atoms with Crippen LogP contribution in [0.15, 0.2) is 41.9 Å². The van der Waals surface area contributed by atoms with Gasteiger partial charge < -0.3 is 0 Å². The number of nitrogens with one attached hydrogen (secondary N) is 1. The molecule has 3 aromatic rings. The highest BCUT2D eigenvalue weighted by atomic mass is 32.1. The van der Waals surface area contributed by atoms with Crippen molar-refractivity contribution in [3.63, 3.8) is 0 Å². The molecule has 25 heavy (non-hydrogen) atoms. The van der Waals surface area contributed by atoms with Crippen LogP contribution in [0.2, 0.25) is 0 Å². The Morgan fingerprint density at radius 2 is 2.12 bits per heavy atom. The maximum absolute atomic E-state index is 12.8. The molecule has 0 unspecified atom stereocenters. The third kappa shape index (κ3) is 3.69. The molecule has 0 spiro atoms. The Morgan fingerprint density at radius 1 is 1.28 bits per heavy atom. The van der Waals surface area contributed by atoms with Crippen LogP contribution in [-0.2, 0) is 6.54 Å². The van der Waals surface area contributed by atoms with Crippen molar-refractivity contribution in [2.24, 2.45) is 0 Å². The molecule has 0 saturated heterocycles. The summed E-state index contributed by atoms with van der Waals surface area (Å²) in [5.74, 6) is 1.16. The van der Waals surface area contributed by atoms with Crippen molar-refractivity contribution >= 4 is 39.8 Å². The van der Waals surface area contributed by atoms with Gasteiger partial charge in [0.1, 0.15) is 0 Å². The van der Waals surface area contributed by atoms with Crippen LogP contribution < -0.4 is 10.2 Å². The number of hydrogen-bond donors (Lipinski definition) is 1. The molecule has 0 bridgehead atoms. The smallest absolute Gasteiger partial charge is 0.283 e. The monoisotopic (exact) mass is 371 g/mol. The van der Waals surface area contributed by atoms with E-state index in [1.807, 2.05) is 36.5 Å². The van der Waals surface area contributed by atoms with Crippen LogP contribution in [0.1, 0.15) is 35.6 Å². The van der Waals surface area contributed by atoms with E-state index in [0.717, 1.165) is 5.56 Å². The number of amides is 2. The van der Waals surface area contributed by atoms with Crippen LogP contribution in [0.4, 0.5) is 15.7 Å². The summed E-state index contributed by atoms with van der Waals surface area (Å²) < 4.78 is 3.88. The van der Waals surface area contributed by atoms with Gasteiger partial charge in [0.2, 0.25) is 0 Å². The molecule has 1 fully saturated rings. The SMILES string of the molecule is O=C(Nc1ncc(C2CCC2)s1)N(Cc1ccccc1)c1csnn1. The van der Waals surface area contributed by atoms with Gasteiger partial charge in [-0.05, 0) is 35.9 Å². The summed E-state index contributed by atoms with van der Waals surface area (Å²) in [6.45, 7) is 0.430. The van der Waals surface area contributed by atoms with Crippen molar-refractivity contribution in [2.75, 3.05) is 10.2 Å². The molecular weight excluding hydrogens is 354 g/mol. The fourth-order valence-corrected chi connectivity index (χ4v) is 4.11. The normalized spacial score (nSPS) is 14.1. The van der Waals surface area contributed by atoms with Crippen LogP contribution in [0, 0.1) is 0 Å². The molecule has 128 valence electrons. The molecule has 1 aliphatic carbocycles. The van der Waals surface area contributed by atoms with Crippen molar-refractivity contribution in [1.82, 2.24) is 14.6 Å². The lowest BCUT2D eigenvalue weighted by Crippen LogP contribution is -2.34. The first-order chi connectivity index (χ1) is 12.3. The third-order valence-electron chi connectivity index (χ3n) is 4.30. The Morgan fingerprint density at radius 3 is 2.80 bits per heavy atom. The molecule has 0 radical (unpaired) electrons. The lowest BCUT2D eigenvalue weighted by molar-refractivity contribution is 0.256. The molecule has 0 aliphatic heterocycles. The number of aromatic nitrogens is 3. The van der Waals surface area contributed by atoms with E-state index in [-0.39, 0.29) is 6.03 Å². The van der Waals surface area contributed by atoms with E-state index in [1.165, 1.54) is 35.7 Å². The summed E-state index contributed by atoms with van der Waals surface area (Å²) in [5, 5.41) is 9.35. The van der Waals surface area contributed by atoms with Gasteiger partial charge in [0.05, 0.1) is 11.9 Å². The summed E-state index contributed by atoms with van der Waals surface area (Å²) in [7, 11) is 0. The zero-order chi connectivity index (χ0) is 17.1. The maximum Gasteiger partial charge on any atom is 0.329 e. The predicted octanol–water partition coefficient (Wildman–Crippen LogP) is 4.50. The number of carbonyl (C=O) groups excluding carboxylic acids is 1. The number of benzene rings is 1. The van der Waals surface area contributed by atoms with Crippen LogP contribution >= 0.6 is 22.9 Å². The number of rotatable bonds is 5. The zero-order valence-corrected chi connectivity index (χ0v) is 15.1. The number of urea groups is 1. The van der Waals surface area contributed by atoms with Crippen LogP contribution in [-0.4, -0.2) is 20.6 Å². The Kier molecular flexibility index (Phi) is 4.71. The average Bonchev–Trinajstić information content (AvgIpc) is 3.24. The number of thiazole rings is 1. The van der Waals surface area contributed by atoms with E-state index < -0.39 is 0 Å². The minimum atomic E-state index is -0.244. The molecule has 1 aliphatic rings. The topological polar surface area (TPSA) is 71.0 Å². The summed E-state index contributed by atoms with van der Waals surface area (Å²) in [6.07, 6.45) is 5.61. The number of hydrogen-bond acceptors (Lipinski definition) is 6. The van der Waals surface area contributed by atoms with E-state index in [0.29, 0.717) is 23.4 Å². The number of anilines is 2. The lowest BCUT2D eigenvalue weighted by Gasteiger charge is -2.23. The molecule has 2 amide bonds. The molecule has 8 heteroatoms. The third-order valence-corrected chi connectivity index (χ3v) is 5.87. The lowest BCUT2D eigenvalue weighted by atomic mass is 9.85. The van der Waals surface area contributed by atoms with Crippen molar-refractivity contribution in [3.8, 4) is 0 Å². The highest BCUT2D eigenvalue weighted by molar-refractivity contribution is 7.15. The molecule has 6 nitrogen and oxygen atoms in total. The minimum Gasteiger partial charge on any atom is -0.283 e. The zero-order valence-electron chi connectivity index (χ0n) is 13.5. The largest absolute Gasteiger partial charge is 0.329 e. The van der Waals surface area contributed by atoms with Gasteiger partial charge in [0.25, 0.3) is 0 Å². The molecule has 1 saturated carbocycles. The summed E-state index contributed by atoms with van der Waals surface area (Å²) in [6, 6.07) is 9.59. The summed E-state index contributed by atoms with van der Waals surface area (Å²) >= 11 is 2.79. The van der Waals surface area contributed by atoms with Crippen LogP contribution in [0.25, 0.3) is 0 Å². The number of nitrogens with zero attached hydrogens (tertiary/aromatic N) is 4. The molecular formula is C17H17N5OS2. The van der Waals surface area contributed by atoms with Gasteiger partial charge in [-0.25, -0.2) is 9.78 Å². The van der Waals surface area contributed by atoms with Gasteiger partial charge in [-0.1, -0.05) is 41.2 Å². The molecule has 1 aromatic carbocycles. The van der Waals surface area contributed by atoms with E-state index in [4.69, 9.17) is 0 Å². The Hall–Kier alpha value is -2.32. The predicted molar refractivity (Wildman–Crippen MR) is 100 cm³/mol. The Bertz CT molecular complexity index is 830. The van der Waals surface area contributed by atoms with Gasteiger partial charge in [0.15, 0.2) is 10.9 Å². The second kappa shape index (κ2) is 7.28. The first-order valence-electron chi connectivity index (χ1n) is 8.15. The standard InChI is InChI=1S/C17H17N5OS2/c23-17(19-16-18-9-14(25-16)13-7-4-8-13)22(15-11-24-21-20-15)10-12-5-2-1-3-6-12/h1-3,5-6,9,11,13H,4,7-8,10H2,(H,18,19,23). The van der Waals surface area contributed by atoms with Crippen LogP contribution in [0.5, 0.6) is 0 Å². The van der Waals surface area contributed by atoms with E-state index in [2.05, 4.69) is 19.9 Å². The van der Waals surface area contributed by atoms with E-state index in [1.54, 1.807) is 21.6 Å². The second-order valence-corrected chi connectivity index (χ2v) is 7.63. The van der Waals surface area contributed by atoms with Gasteiger partial charge in [0, 0.05) is 11.1 Å². The molecule has 1 N–H and O–H groups in total. The average molecular weight is 371 g/mol.